The van der Waals surface area contributed by atoms with E-state index in [0.29, 0.717) is 23.7 Å². The number of aromatic amines is 1. The maximum absolute atomic E-state index is 12.4. The van der Waals surface area contributed by atoms with Gasteiger partial charge in [0, 0.05) is 17.1 Å². The van der Waals surface area contributed by atoms with Gasteiger partial charge in [0.05, 0.1) is 17.7 Å². The van der Waals surface area contributed by atoms with Crippen molar-refractivity contribution in [3.63, 3.8) is 0 Å². The third kappa shape index (κ3) is 3.97. The first-order chi connectivity index (χ1) is 12.6. The number of pyridine rings is 1. The van der Waals surface area contributed by atoms with Gasteiger partial charge in [0.15, 0.2) is 6.20 Å². The van der Waals surface area contributed by atoms with Gasteiger partial charge in [0.1, 0.15) is 5.56 Å². The van der Waals surface area contributed by atoms with E-state index in [9.17, 15) is 4.79 Å². The maximum atomic E-state index is 12.4. The first-order valence-corrected chi connectivity index (χ1v) is 9.07. The Kier molecular flexibility index (Phi) is 5.74. The van der Waals surface area contributed by atoms with Crippen LogP contribution in [0.4, 0.5) is 5.69 Å². The molecule has 0 aliphatic carbocycles. The molecule has 0 saturated heterocycles. The highest BCUT2D eigenvalue weighted by atomic mass is 35.5. The molecule has 3 rings (SSSR count). The lowest BCUT2D eigenvalue weighted by Gasteiger charge is -2.13. The number of carbonyl (C=O) groups is 1. The number of halogens is 1. The van der Waals surface area contributed by atoms with Gasteiger partial charge in [-0.05, 0) is 38.0 Å². The summed E-state index contributed by atoms with van der Waals surface area (Å²) in [7, 11) is 0. The molecule has 3 aromatic rings. The summed E-state index contributed by atoms with van der Waals surface area (Å²) in [6.45, 7) is 4.81. The Morgan fingerprint density at radius 3 is 2.73 bits per heavy atom. The minimum atomic E-state index is -0.356. The normalized spacial score (nSPS) is 10.7. The van der Waals surface area contributed by atoms with Crippen molar-refractivity contribution in [2.75, 3.05) is 18.5 Å². The molecule has 4 nitrogen and oxygen atoms in total. The van der Waals surface area contributed by atoms with Crippen molar-refractivity contribution in [3.05, 3.63) is 70.4 Å². The van der Waals surface area contributed by atoms with Crippen LogP contribution in [0.1, 0.15) is 28.4 Å². The van der Waals surface area contributed by atoms with Crippen molar-refractivity contribution in [2.24, 2.45) is 0 Å². The van der Waals surface area contributed by atoms with Crippen molar-refractivity contribution >= 4 is 34.2 Å². The highest BCUT2D eigenvalue weighted by Crippen LogP contribution is 2.29. The van der Waals surface area contributed by atoms with Gasteiger partial charge in [-0.1, -0.05) is 41.9 Å². The summed E-state index contributed by atoms with van der Waals surface area (Å²) < 4.78 is 5.21. The topological polar surface area (TPSA) is 52.5 Å². The lowest BCUT2D eigenvalue weighted by Crippen LogP contribution is -2.17. The molecule has 1 aromatic heterocycles. The van der Waals surface area contributed by atoms with Crippen molar-refractivity contribution in [1.29, 1.82) is 0 Å². The van der Waals surface area contributed by atoms with Crippen LogP contribution in [0.2, 0.25) is 5.02 Å². The Balaban J connectivity index is 1.98. The summed E-state index contributed by atoms with van der Waals surface area (Å²) in [5.74, 6) is -0.356. The van der Waals surface area contributed by atoms with E-state index in [4.69, 9.17) is 16.3 Å². The van der Waals surface area contributed by atoms with Crippen molar-refractivity contribution in [1.82, 2.24) is 0 Å². The number of benzene rings is 2. The monoisotopic (exact) mass is 369 g/mol. The number of nitrogens with one attached hydrogen (secondary N) is 2. The molecular weight excluding hydrogens is 348 g/mol. The molecule has 2 aromatic carbocycles. The second-order valence-electron chi connectivity index (χ2n) is 6.11. The molecule has 0 fully saturated rings. The van der Waals surface area contributed by atoms with Crippen LogP contribution in [-0.2, 0) is 11.2 Å². The lowest BCUT2D eigenvalue weighted by molar-refractivity contribution is -0.345. The molecule has 0 radical (unpaired) electrons. The predicted molar refractivity (Wildman–Crippen MR) is 105 cm³/mol. The quantitative estimate of drug-likeness (QED) is 0.653. The van der Waals surface area contributed by atoms with Gasteiger partial charge in [-0.2, -0.15) is 0 Å². The molecule has 0 bridgehead atoms. The molecule has 0 spiro atoms. The minimum Gasteiger partial charge on any atom is -0.462 e. The summed E-state index contributed by atoms with van der Waals surface area (Å²) in [6.07, 6.45) is 2.55. The van der Waals surface area contributed by atoms with Gasteiger partial charge in [-0.25, -0.2) is 9.78 Å². The predicted octanol–water partition coefficient (Wildman–Crippen LogP) is 4.45. The fourth-order valence-corrected chi connectivity index (χ4v) is 3.30. The molecule has 26 heavy (non-hydrogen) atoms. The van der Waals surface area contributed by atoms with E-state index in [1.165, 1.54) is 5.56 Å². The Hall–Kier alpha value is -2.59. The second kappa shape index (κ2) is 8.19. The van der Waals surface area contributed by atoms with Crippen LogP contribution >= 0.6 is 11.6 Å². The summed E-state index contributed by atoms with van der Waals surface area (Å²) in [6, 6.07) is 14.0. The molecule has 5 heteroatoms. The number of rotatable bonds is 6. The Labute approximate surface area is 158 Å². The number of H-pyrrole nitrogens is 1. The summed E-state index contributed by atoms with van der Waals surface area (Å²) >= 11 is 6.26. The van der Waals surface area contributed by atoms with Crippen LogP contribution in [0.25, 0.3) is 10.9 Å². The first-order valence-electron chi connectivity index (χ1n) is 8.69. The largest absolute Gasteiger partial charge is 0.462 e. The van der Waals surface area contributed by atoms with Crippen LogP contribution in [0.5, 0.6) is 0 Å². The molecule has 0 unspecified atom stereocenters. The van der Waals surface area contributed by atoms with Gasteiger partial charge in [-0.15, -0.1) is 0 Å². The summed E-state index contributed by atoms with van der Waals surface area (Å²) in [5.41, 5.74) is 4.44. The van der Waals surface area contributed by atoms with E-state index in [1.807, 2.05) is 37.3 Å². The zero-order valence-electron chi connectivity index (χ0n) is 14.9. The van der Waals surface area contributed by atoms with Crippen LogP contribution in [-0.4, -0.2) is 19.1 Å². The fourth-order valence-electron chi connectivity index (χ4n) is 3.03. The average Bonchev–Trinajstić information content (AvgIpc) is 2.63. The van der Waals surface area contributed by atoms with Crippen LogP contribution < -0.4 is 10.3 Å². The number of ether oxygens (including phenoxy) is 1. The standard InChI is InChI=1S/C21H21ClN2O2/c1-3-26-21(25)18-13-24-19-14(2)11-16(22)12-17(19)20(18)23-10-9-15-7-5-4-6-8-15/h4-8,11-13H,3,9-10H2,1-2H3,(H,23,24)/p+1. The highest BCUT2D eigenvalue weighted by Gasteiger charge is 2.21. The molecule has 0 aliphatic rings. The highest BCUT2D eigenvalue weighted by molar-refractivity contribution is 6.31. The number of aryl methyl sites for hydroxylation is 1. The smallest absolute Gasteiger partial charge is 0.346 e. The van der Waals surface area contributed by atoms with Crippen molar-refractivity contribution in [2.45, 2.75) is 20.3 Å². The van der Waals surface area contributed by atoms with Crippen LogP contribution in [0.15, 0.2) is 48.7 Å². The Morgan fingerprint density at radius 1 is 1.23 bits per heavy atom. The van der Waals surface area contributed by atoms with Crippen molar-refractivity contribution in [3.8, 4) is 0 Å². The average molecular weight is 370 g/mol. The molecule has 0 amide bonds. The molecular formula is C21H22ClN2O2+. The van der Waals surface area contributed by atoms with Crippen molar-refractivity contribution < 1.29 is 14.5 Å². The molecule has 134 valence electrons. The third-order valence-corrected chi connectivity index (χ3v) is 4.47. The number of anilines is 1. The molecule has 0 atom stereocenters. The van der Waals surface area contributed by atoms with E-state index in [0.717, 1.165) is 28.6 Å². The van der Waals surface area contributed by atoms with Gasteiger partial charge in [0.2, 0.25) is 5.52 Å². The minimum absolute atomic E-state index is 0.328. The maximum Gasteiger partial charge on any atom is 0.346 e. The van der Waals surface area contributed by atoms with E-state index in [2.05, 4.69) is 22.4 Å². The molecule has 2 N–H and O–H groups in total. The first kappa shape index (κ1) is 18.2. The molecule has 0 aliphatic heterocycles. The van der Waals surface area contributed by atoms with Gasteiger partial charge in [-0.3, -0.25) is 0 Å². The van der Waals surface area contributed by atoms with E-state index < -0.39 is 0 Å². The number of carbonyl (C=O) groups excluding carboxylic acids is 1. The van der Waals surface area contributed by atoms with E-state index >= 15 is 0 Å². The third-order valence-electron chi connectivity index (χ3n) is 4.25. The fraction of sp³-hybridized carbons (Fsp3) is 0.238. The number of esters is 1. The summed E-state index contributed by atoms with van der Waals surface area (Å²) in [5, 5.41) is 4.94. The van der Waals surface area contributed by atoms with Gasteiger partial charge >= 0.3 is 5.97 Å². The van der Waals surface area contributed by atoms with Crippen LogP contribution in [0.3, 0.4) is 0 Å². The van der Waals surface area contributed by atoms with E-state index in [-0.39, 0.29) is 5.97 Å². The number of hydrogen-bond acceptors (Lipinski definition) is 3. The van der Waals surface area contributed by atoms with Crippen LogP contribution in [0, 0.1) is 6.92 Å². The zero-order valence-corrected chi connectivity index (χ0v) is 15.7. The molecule has 0 saturated carbocycles. The number of aromatic nitrogens is 1. The Bertz CT molecular complexity index is 926. The van der Waals surface area contributed by atoms with E-state index in [1.54, 1.807) is 13.1 Å². The number of hydrogen-bond donors (Lipinski definition) is 1. The van der Waals surface area contributed by atoms with Gasteiger partial charge in [0.25, 0.3) is 0 Å². The second-order valence-corrected chi connectivity index (χ2v) is 6.54. The van der Waals surface area contributed by atoms with Gasteiger partial charge < -0.3 is 10.1 Å². The molecule has 1 heterocycles. The lowest BCUT2D eigenvalue weighted by atomic mass is 10.1. The Morgan fingerprint density at radius 2 is 2.00 bits per heavy atom. The number of fused-ring (bicyclic) bond motifs is 1. The zero-order chi connectivity index (χ0) is 18.5. The summed E-state index contributed by atoms with van der Waals surface area (Å²) in [4.78, 5) is 15.6. The SMILES string of the molecule is CCOC(=O)c1c[nH+]c2c(C)cc(Cl)cc2c1NCCc1ccccc1.